The molecule has 0 unspecified atom stereocenters. The molecule has 5 nitrogen and oxygen atoms in total. The van der Waals surface area contributed by atoms with E-state index in [2.05, 4.69) is 5.43 Å². The van der Waals surface area contributed by atoms with Gasteiger partial charge in [0.15, 0.2) is 0 Å². The number of nitrogens with one attached hydrogen (secondary N) is 1. The second kappa shape index (κ2) is 5.06. The van der Waals surface area contributed by atoms with Crippen LogP contribution >= 0.6 is 0 Å². The molecule has 0 saturated carbocycles. The minimum absolute atomic E-state index is 0.266. The Morgan fingerprint density at radius 2 is 2.33 bits per heavy atom. The van der Waals surface area contributed by atoms with E-state index in [1.54, 1.807) is 41.6 Å². The lowest BCUT2D eigenvalue weighted by Crippen LogP contribution is -2.30. The minimum Gasteiger partial charge on any atom is -0.478 e. The predicted molar refractivity (Wildman–Crippen MR) is 66.3 cm³/mol. The molecule has 0 bridgehead atoms. The van der Waals surface area contributed by atoms with E-state index in [1.165, 1.54) is 0 Å². The van der Waals surface area contributed by atoms with E-state index in [0.29, 0.717) is 11.1 Å². The molecule has 1 aliphatic rings. The summed E-state index contributed by atoms with van der Waals surface area (Å²) in [5, 5.41) is 19.3. The zero-order valence-electron chi connectivity index (χ0n) is 9.50. The largest absolute Gasteiger partial charge is 0.478 e. The summed E-state index contributed by atoms with van der Waals surface area (Å²) >= 11 is 0. The highest BCUT2D eigenvalue weighted by molar-refractivity contribution is 5.87. The smallest absolute Gasteiger partial charge is 0.333 e. The van der Waals surface area contributed by atoms with Crippen molar-refractivity contribution in [2.45, 2.75) is 0 Å². The number of anilines is 1. The average molecular weight is 241 g/mol. The highest BCUT2D eigenvalue weighted by Crippen LogP contribution is 2.14. The summed E-state index contributed by atoms with van der Waals surface area (Å²) in [6.07, 6.45) is 4.96. The van der Waals surface area contributed by atoms with Gasteiger partial charge in [-0.3, -0.25) is 10.4 Å². The molecule has 0 spiro atoms. The molecule has 1 aromatic carbocycles. The van der Waals surface area contributed by atoms with E-state index in [4.69, 9.17) is 10.4 Å². The average Bonchev–Trinajstić information content (AvgIpc) is 2.39. The Kier molecular flexibility index (Phi) is 3.30. The van der Waals surface area contributed by atoms with Crippen LogP contribution in [0.5, 0.6) is 0 Å². The number of aliphatic carboxylic acids is 1. The molecular formula is C13H11N3O2. The second-order valence-corrected chi connectivity index (χ2v) is 3.77. The molecule has 1 heterocycles. The lowest BCUT2D eigenvalue weighted by Gasteiger charge is -2.24. The molecule has 1 aromatic rings. The first-order chi connectivity index (χ1) is 8.69. The number of nitriles is 1. The van der Waals surface area contributed by atoms with Gasteiger partial charge in [-0.05, 0) is 30.4 Å². The van der Waals surface area contributed by atoms with Crippen molar-refractivity contribution in [1.82, 2.24) is 5.01 Å². The second-order valence-electron chi connectivity index (χ2n) is 3.77. The van der Waals surface area contributed by atoms with Gasteiger partial charge in [-0.25, -0.2) is 4.79 Å². The molecule has 0 saturated heterocycles. The van der Waals surface area contributed by atoms with Gasteiger partial charge in [0.25, 0.3) is 0 Å². The first kappa shape index (κ1) is 11.7. The van der Waals surface area contributed by atoms with Crippen LogP contribution in [-0.4, -0.2) is 22.6 Å². The SMILES string of the molecule is N#Cc1cccc(NN2C=CC=C(C(=O)O)C2)c1. The van der Waals surface area contributed by atoms with Crippen LogP contribution in [-0.2, 0) is 4.79 Å². The molecule has 0 fully saturated rings. The number of rotatable bonds is 3. The first-order valence-electron chi connectivity index (χ1n) is 5.33. The Morgan fingerprint density at radius 1 is 1.50 bits per heavy atom. The van der Waals surface area contributed by atoms with Gasteiger partial charge < -0.3 is 5.11 Å². The van der Waals surface area contributed by atoms with Gasteiger partial charge in [0.1, 0.15) is 0 Å². The topological polar surface area (TPSA) is 76.4 Å². The van der Waals surface area contributed by atoms with Gasteiger partial charge in [-0.15, -0.1) is 0 Å². The zero-order valence-corrected chi connectivity index (χ0v) is 9.50. The third-order valence-electron chi connectivity index (χ3n) is 2.44. The summed E-state index contributed by atoms with van der Waals surface area (Å²) in [5.41, 5.74) is 4.63. The van der Waals surface area contributed by atoms with E-state index < -0.39 is 5.97 Å². The maximum atomic E-state index is 10.9. The van der Waals surface area contributed by atoms with Gasteiger partial charge in [0.2, 0.25) is 0 Å². The Hall–Kier alpha value is -2.74. The number of carboxylic acid groups (broad SMARTS) is 1. The van der Waals surface area contributed by atoms with Crippen LogP contribution in [0.1, 0.15) is 5.56 Å². The molecule has 2 rings (SSSR count). The van der Waals surface area contributed by atoms with Crippen LogP contribution < -0.4 is 5.43 Å². The monoisotopic (exact) mass is 241 g/mol. The van der Waals surface area contributed by atoms with E-state index >= 15 is 0 Å². The Morgan fingerprint density at radius 3 is 3.06 bits per heavy atom. The van der Waals surface area contributed by atoms with Crippen LogP contribution in [0.2, 0.25) is 0 Å². The predicted octanol–water partition coefficient (Wildman–Crippen LogP) is 1.73. The third kappa shape index (κ3) is 2.68. The van der Waals surface area contributed by atoms with Crippen LogP contribution in [0.15, 0.2) is 48.2 Å². The van der Waals surface area contributed by atoms with Crippen molar-refractivity contribution in [2.75, 3.05) is 12.0 Å². The van der Waals surface area contributed by atoms with E-state index in [-0.39, 0.29) is 6.54 Å². The van der Waals surface area contributed by atoms with Crippen LogP contribution in [0.3, 0.4) is 0 Å². The zero-order chi connectivity index (χ0) is 13.0. The summed E-state index contributed by atoms with van der Waals surface area (Å²) in [5.74, 6) is -0.933. The molecule has 18 heavy (non-hydrogen) atoms. The van der Waals surface area contributed by atoms with Crippen molar-refractivity contribution < 1.29 is 9.90 Å². The van der Waals surface area contributed by atoms with E-state index in [1.807, 2.05) is 12.1 Å². The highest BCUT2D eigenvalue weighted by Gasteiger charge is 2.13. The summed E-state index contributed by atoms with van der Waals surface area (Å²) in [6.45, 7) is 0.266. The Bertz CT molecular complexity index is 570. The number of carboxylic acids is 1. The molecule has 5 heteroatoms. The molecule has 0 aromatic heterocycles. The van der Waals surface area contributed by atoms with Crippen LogP contribution in [0, 0.1) is 11.3 Å². The van der Waals surface area contributed by atoms with Gasteiger partial charge in [-0.2, -0.15) is 5.26 Å². The molecule has 1 aliphatic heterocycles. The fourth-order valence-electron chi connectivity index (χ4n) is 1.59. The number of allylic oxidation sites excluding steroid dienone is 2. The maximum Gasteiger partial charge on any atom is 0.333 e. The van der Waals surface area contributed by atoms with Crippen molar-refractivity contribution in [3.8, 4) is 6.07 Å². The van der Waals surface area contributed by atoms with Crippen LogP contribution in [0.4, 0.5) is 5.69 Å². The molecule has 0 radical (unpaired) electrons. The molecule has 2 N–H and O–H groups in total. The van der Waals surface area contributed by atoms with Gasteiger partial charge in [0.05, 0.1) is 29.4 Å². The van der Waals surface area contributed by atoms with E-state index in [0.717, 1.165) is 5.69 Å². The number of hydrogen-bond donors (Lipinski definition) is 2. The fraction of sp³-hybridized carbons (Fsp3) is 0.0769. The molecule has 90 valence electrons. The highest BCUT2D eigenvalue weighted by atomic mass is 16.4. The van der Waals surface area contributed by atoms with Crippen molar-refractivity contribution in [1.29, 1.82) is 5.26 Å². The number of benzene rings is 1. The van der Waals surface area contributed by atoms with Crippen molar-refractivity contribution in [3.63, 3.8) is 0 Å². The lowest BCUT2D eigenvalue weighted by molar-refractivity contribution is -0.132. The third-order valence-corrected chi connectivity index (χ3v) is 2.44. The molecule has 0 atom stereocenters. The van der Waals surface area contributed by atoms with Crippen molar-refractivity contribution in [3.05, 3.63) is 53.8 Å². The van der Waals surface area contributed by atoms with Gasteiger partial charge in [0, 0.05) is 6.20 Å². The number of hydrogen-bond acceptors (Lipinski definition) is 4. The summed E-state index contributed by atoms with van der Waals surface area (Å²) < 4.78 is 0. The van der Waals surface area contributed by atoms with Crippen LogP contribution in [0.25, 0.3) is 0 Å². The quantitative estimate of drug-likeness (QED) is 0.842. The maximum absolute atomic E-state index is 10.9. The first-order valence-corrected chi connectivity index (χ1v) is 5.33. The Balaban J connectivity index is 2.07. The summed E-state index contributed by atoms with van der Waals surface area (Å²) in [6, 6.07) is 9.04. The minimum atomic E-state index is -0.933. The molecule has 0 aliphatic carbocycles. The number of nitrogens with zero attached hydrogens (tertiary/aromatic N) is 2. The number of hydrazine groups is 1. The molecular weight excluding hydrogens is 230 g/mol. The van der Waals surface area contributed by atoms with Crippen molar-refractivity contribution >= 4 is 11.7 Å². The summed E-state index contributed by atoms with van der Waals surface area (Å²) in [7, 11) is 0. The normalized spacial score (nSPS) is 13.7. The van der Waals surface area contributed by atoms with Gasteiger partial charge in [-0.1, -0.05) is 6.07 Å². The standard InChI is InChI=1S/C13H11N3O2/c14-8-10-3-1-5-12(7-10)15-16-6-2-4-11(9-16)13(17)18/h1-7,15H,9H2,(H,17,18). The summed E-state index contributed by atoms with van der Waals surface area (Å²) in [4.78, 5) is 10.9. The lowest BCUT2D eigenvalue weighted by atomic mass is 10.2. The van der Waals surface area contributed by atoms with Gasteiger partial charge >= 0.3 is 5.97 Å². The van der Waals surface area contributed by atoms with E-state index in [9.17, 15) is 4.79 Å². The number of carbonyl (C=O) groups is 1. The molecule has 0 amide bonds. The Labute approximate surface area is 104 Å². The van der Waals surface area contributed by atoms with Crippen molar-refractivity contribution in [2.24, 2.45) is 0 Å². The fourth-order valence-corrected chi connectivity index (χ4v) is 1.59.